The quantitative estimate of drug-likeness (QED) is 0.416. The summed E-state index contributed by atoms with van der Waals surface area (Å²) in [6, 6.07) is 23.0. The highest BCUT2D eigenvalue weighted by molar-refractivity contribution is 5.96. The van der Waals surface area contributed by atoms with E-state index in [9.17, 15) is 4.79 Å². The van der Waals surface area contributed by atoms with E-state index < -0.39 is 0 Å². The van der Waals surface area contributed by atoms with Gasteiger partial charge in [-0.05, 0) is 59.2 Å². The summed E-state index contributed by atoms with van der Waals surface area (Å²) in [5.74, 6) is 1.39. The molecule has 0 fully saturated rings. The summed E-state index contributed by atoms with van der Waals surface area (Å²) in [6.45, 7) is 0.379. The minimum absolute atomic E-state index is 0.0973. The van der Waals surface area contributed by atoms with Crippen LogP contribution in [0.5, 0.6) is 11.5 Å². The van der Waals surface area contributed by atoms with Gasteiger partial charge in [-0.2, -0.15) is 5.26 Å². The van der Waals surface area contributed by atoms with Crippen LogP contribution >= 0.6 is 0 Å². The summed E-state index contributed by atoms with van der Waals surface area (Å²) in [5, 5.41) is 12.7. The molecule has 0 bridgehead atoms. The molecular weight excluding hydrogens is 402 g/mol. The number of benzene rings is 3. The Labute approximate surface area is 186 Å². The third-order valence-electron chi connectivity index (χ3n) is 5.15. The molecule has 3 aromatic carbocycles. The number of H-pyrrole nitrogens is 1. The van der Waals surface area contributed by atoms with E-state index in [4.69, 9.17) is 14.7 Å². The molecule has 0 aliphatic heterocycles. The molecule has 0 unspecified atom stereocenters. The van der Waals surface area contributed by atoms with E-state index in [0.29, 0.717) is 13.0 Å². The highest BCUT2D eigenvalue weighted by Gasteiger charge is 2.10. The van der Waals surface area contributed by atoms with Crippen LogP contribution in [0.25, 0.3) is 10.9 Å². The van der Waals surface area contributed by atoms with E-state index in [-0.39, 0.29) is 12.3 Å². The molecule has 160 valence electrons. The number of amides is 1. The maximum Gasteiger partial charge on any atom is 0.228 e. The molecule has 4 aromatic rings. The van der Waals surface area contributed by atoms with Gasteiger partial charge in [0.05, 0.1) is 26.0 Å². The molecule has 0 spiro atoms. The molecule has 0 aliphatic carbocycles. The Hall–Kier alpha value is -4.24. The first-order chi connectivity index (χ1) is 15.6. The molecule has 6 heteroatoms. The van der Waals surface area contributed by atoms with Crippen LogP contribution in [-0.2, 0) is 24.2 Å². The lowest BCUT2D eigenvalue weighted by Gasteiger charge is -2.09. The Balaban J connectivity index is 1.37. The van der Waals surface area contributed by atoms with Gasteiger partial charge in [-0.3, -0.25) is 4.79 Å². The topological polar surface area (TPSA) is 87.1 Å². The number of aromatic amines is 1. The molecule has 0 saturated heterocycles. The van der Waals surface area contributed by atoms with Crippen molar-refractivity contribution < 1.29 is 14.3 Å². The lowest BCUT2D eigenvalue weighted by Crippen LogP contribution is -2.14. The van der Waals surface area contributed by atoms with Crippen molar-refractivity contribution in [3.05, 3.63) is 89.6 Å². The van der Waals surface area contributed by atoms with Crippen molar-refractivity contribution in [2.24, 2.45) is 0 Å². The van der Waals surface area contributed by atoms with Crippen LogP contribution in [0, 0.1) is 11.3 Å². The zero-order valence-electron chi connectivity index (χ0n) is 17.7. The number of aromatic nitrogens is 1. The minimum Gasteiger partial charge on any atom is -0.497 e. The molecule has 4 rings (SSSR count). The van der Waals surface area contributed by atoms with Crippen molar-refractivity contribution in [2.45, 2.75) is 19.4 Å². The third-order valence-corrected chi connectivity index (χ3v) is 5.15. The van der Waals surface area contributed by atoms with Crippen LogP contribution in [0.1, 0.15) is 16.7 Å². The summed E-state index contributed by atoms with van der Waals surface area (Å²) in [5.41, 5.74) is 4.50. The average molecular weight is 425 g/mol. The lowest BCUT2D eigenvalue weighted by atomic mass is 10.1. The number of anilines is 1. The van der Waals surface area contributed by atoms with Crippen molar-refractivity contribution in [2.75, 3.05) is 12.4 Å². The summed E-state index contributed by atoms with van der Waals surface area (Å²) < 4.78 is 11.1. The molecule has 0 radical (unpaired) electrons. The molecular formula is C26H23N3O3. The minimum atomic E-state index is -0.0973. The number of nitriles is 1. The molecule has 0 saturated carbocycles. The molecule has 2 N–H and O–H groups in total. The van der Waals surface area contributed by atoms with Crippen molar-refractivity contribution in [1.29, 1.82) is 5.26 Å². The number of nitrogens with zero attached hydrogens (tertiary/aromatic N) is 1. The highest BCUT2D eigenvalue weighted by Crippen LogP contribution is 2.24. The second kappa shape index (κ2) is 9.71. The number of carbonyl (C=O) groups excluding carboxylic acids is 1. The van der Waals surface area contributed by atoms with Gasteiger partial charge in [0.25, 0.3) is 0 Å². The second-order valence-corrected chi connectivity index (χ2v) is 7.42. The van der Waals surface area contributed by atoms with Gasteiger partial charge in [-0.15, -0.1) is 0 Å². The highest BCUT2D eigenvalue weighted by atomic mass is 16.5. The van der Waals surface area contributed by atoms with Crippen LogP contribution in [0.2, 0.25) is 0 Å². The standard InChI is InChI=1S/C26H23N3O3/c1-31-23-9-10-25-24(15-23)20(16-28-25)14-26(30)29-21-4-2-3-19(13-21)17-32-22-7-5-18(6-8-22)11-12-27/h2-10,13,15-16,28H,11,14,17H2,1H3,(H,29,30). The Kier molecular flexibility index (Phi) is 6.38. The van der Waals surface area contributed by atoms with Crippen LogP contribution in [-0.4, -0.2) is 18.0 Å². The van der Waals surface area contributed by atoms with Crippen molar-refractivity contribution >= 4 is 22.5 Å². The fourth-order valence-electron chi connectivity index (χ4n) is 3.51. The first-order valence-electron chi connectivity index (χ1n) is 10.3. The number of ether oxygens (including phenoxy) is 2. The zero-order valence-corrected chi connectivity index (χ0v) is 17.7. The van der Waals surface area contributed by atoms with E-state index >= 15 is 0 Å². The number of fused-ring (bicyclic) bond motifs is 1. The number of rotatable bonds is 8. The largest absolute Gasteiger partial charge is 0.497 e. The average Bonchev–Trinajstić information content (AvgIpc) is 3.20. The van der Waals surface area contributed by atoms with Crippen LogP contribution in [0.4, 0.5) is 5.69 Å². The third kappa shape index (κ3) is 5.08. The Morgan fingerprint density at radius 1 is 1.03 bits per heavy atom. The van der Waals surface area contributed by atoms with Crippen LogP contribution in [0.15, 0.2) is 72.9 Å². The summed E-state index contributed by atoms with van der Waals surface area (Å²) in [7, 11) is 1.63. The number of hydrogen-bond acceptors (Lipinski definition) is 4. The summed E-state index contributed by atoms with van der Waals surface area (Å²) in [4.78, 5) is 15.8. The predicted octanol–water partition coefficient (Wildman–Crippen LogP) is 5.00. The van der Waals surface area contributed by atoms with Gasteiger partial charge in [-0.25, -0.2) is 0 Å². The molecule has 32 heavy (non-hydrogen) atoms. The Morgan fingerprint density at radius 3 is 2.62 bits per heavy atom. The van der Waals surface area contributed by atoms with Crippen molar-refractivity contribution in [3.63, 3.8) is 0 Å². The van der Waals surface area contributed by atoms with E-state index in [1.165, 1.54) is 0 Å². The second-order valence-electron chi connectivity index (χ2n) is 7.42. The normalized spacial score (nSPS) is 10.5. The monoisotopic (exact) mass is 425 g/mol. The molecule has 0 atom stereocenters. The number of methoxy groups -OCH3 is 1. The Morgan fingerprint density at radius 2 is 1.84 bits per heavy atom. The van der Waals surface area contributed by atoms with Crippen molar-refractivity contribution in [3.8, 4) is 17.6 Å². The predicted molar refractivity (Wildman–Crippen MR) is 124 cm³/mol. The zero-order chi connectivity index (χ0) is 22.3. The van der Waals surface area contributed by atoms with Gasteiger partial charge in [0.15, 0.2) is 0 Å². The SMILES string of the molecule is COc1ccc2[nH]cc(CC(=O)Nc3cccc(COc4ccc(CC#N)cc4)c3)c2c1. The molecule has 1 heterocycles. The fourth-order valence-corrected chi connectivity index (χ4v) is 3.51. The molecule has 6 nitrogen and oxygen atoms in total. The molecule has 1 amide bonds. The van der Waals surface area contributed by atoms with Crippen LogP contribution in [0.3, 0.4) is 0 Å². The first kappa shape index (κ1) is 21.0. The van der Waals surface area contributed by atoms with Gasteiger partial charge < -0.3 is 19.8 Å². The van der Waals surface area contributed by atoms with Gasteiger partial charge in [0.1, 0.15) is 18.1 Å². The first-order valence-corrected chi connectivity index (χ1v) is 10.3. The van der Waals surface area contributed by atoms with E-state index in [1.54, 1.807) is 7.11 Å². The smallest absolute Gasteiger partial charge is 0.228 e. The van der Waals surface area contributed by atoms with Crippen LogP contribution < -0.4 is 14.8 Å². The summed E-state index contributed by atoms with van der Waals surface area (Å²) in [6.07, 6.45) is 2.49. The fraction of sp³-hybridized carbons (Fsp3) is 0.154. The Bertz CT molecular complexity index is 1270. The number of nitrogens with one attached hydrogen (secondary N) is 2. The maximum atomic E-state index is 12.6. The molecule has 1 aromatic heterocycles. The van der Waals surface area contributed by atoms with Gasteiger partial charge in [-0.1, -0.05) is 24.3 Å². The van der Waals surface area contributed by atoms with E-state index in [1.807, 2.05) is 72.9 Å². The van der Waals surface area contributed by atoms with Gasteiger partial charge in [0.2, 0.25) is 5.91 Å². The van der Waals surface area contributed by atoms with E-state index in [0.717, 1.165) is 44.8 Å². The number of hydrogen-bond donors (Lipinski definition) is 2. The maximum absolute atomic E-state index is 12.6. The van der Waals surface area contributed by atoms with Gasteiger partial charge >= 0.3 is 0 Å². The van der Waals surface area contributed by atoms with Gasteiger partial charge in [0, 0.05) is 22.8 Å². The lowest BCUT2D eigenvalue weighted by molar-refractivity contribution is -0.115. The molecule has 0 aliphatic rings. The number of carbonyl (C=O) groups is 1. The van der Waals surface area contributed by atoms with Crippen molar-refractivity contribution in [1.82, 2.24) is 4.98 Å². The summed E-state index contributed by atoms with van der Waals surface area (Å²) >= 11 is 0. The van der Waals surface area contributed by atoms with E-state index in [2.05, 4.69) is 16.4 Å².